The number of hydrogen-bond donors (Lipinski definition) is 3. The lowest BCUT2D eigenvalue weighted by atomic mass is 9.89. The highest BCUT2D eigenvalue weighted by Gasteiger charge is 2.30. The van der Waals surface area contributed by atoms with E-state index in [-0.39, 0.29) is 18.1 Å². The Hall–Kier alpha value is -1.59. The topological polar surface area (TPSA) is 76.4 Å². The molecule has 1 aromatic carbocycles. The molecule has 98 valence electrons. The third-order valence-electron chi connectivity index (χ3n) is 3.34. The molecule has 1 fully saturated rings. The van der Waals surface area contributed by atoms with Crippen molar-refractivity contribution in [3.63, 3.8) is 0 Å². The Balaban J connectivity index is 2.01. The zero-order valence-electron chi connectivity index (χ0n) is 10.7. The zero-order valence-corrected chi connectivity index (χ0v) is 10.7. The predicted octanol–water partition coefficient (Wildman–Crippen LogP) is 1.19. The molecule has 1 amide bonds. The first kappa shape index (κ1) is 12.9. The summed E-state index contributed by atoms with van der Waals surface area (Å²) >= 11 is 0. The van der Waals surface area contributed by atoms with Crippen molar-refractivity contribution in [2.45, 2.75) is 31.9 Å². The Bertz CT molecular complexity index is 442. The third-order valence-corrected chi connectivity index (χ3v) is 3.34. The first-order valence-electron chi connectivity index (χ1n) is 6.05. The van der Waals surface area contributed by atoms with Gasteiger partial charge in [-0.25, -0.2) is 0 Å². The largest absolute Gasteiger partial charge is 0.381 e. The molecular weight excluding hydrogens is 230 g/mol. The van der Waals surface area contributed by atoms with Gasteiger partial charge in [-0.2, -0.15) is 0 Å². The fourth-order valence-electron chi connectivity index (χ4n) is 2.11. The molecule has 1 aliphatic carbocycles. The van der Waals surface area contributed by atoms with Crippen LogP contribution in [0.5, 0.6) is 0 Å². The summed E-state index contributed by atoms with van der Waals surface area (Å²) < 4.78 is 5.18. The van der Waals surface area contributed by atoms with Crippen LogP contribution in [0.15, 0.2) is 18.2 Å². The molecule has 0 atom stereocenters. The number of ether oxygens (including phenoxy) is 1. The lowest BCUT2D eigenvalue weighted by molar-refractivity contribution is 0.0176. The first-order valence-corrected chi connectivity index (χ1v) is 6.05. The molecule has 2 rings (SSSR count). The maximum Gasteiger partial charge on any atom is 0.253 e. The van der Waals surface area contributed by atoms with Crippen molar-refractivity contribution in [1.82, 2.24) is 5.32 Å². The van der Waals surface area contributed by atoms with E-state index in [0.29, 0.717) is 11.3 Å². The number of amides is 1. The summed E-state index contributed by atoms with van der Waals surface area (Å²) in [6, 6.07) is 5.74. The van der Waals surface area contributed by atoms with Crippen molar-refractivity contribution in [2.24, 2.45) is 5.84 Å². The normalized spacial score (nSPS) is 22.2. The summed E-state index contributed by atoms with van der Waals surface area (Å²) in [6.07, 6.45) is 2.03. The maximum atomic E-state index is 12.1. The van der Waals surface area contributed by atoms with Gasteiger partial charge < -0.3 is 15.5 Å². The molecule has 0 spiro atoms. The van der Waals surface area contributed by atoms with Gasteiger partial charge in [0.05, 0.1) is 17.4 Å². The minimum Gasteiger partial charge on any atom is -0.381 e. The van der Waals surface area contributed by atoms with Gasteiger partial charge in [-0.05, 0) is 37.5 Å². The minimum atomic E-state index is -0.0949. The van der Waals surface area contributed by atoms with Gasteiger partial charge in [0.2, 0.25) is 0 Å². The fraction of sp³-hybridized carbons (Fsp3) is 0.462. The fourth-order valence-corrected chi connectivity index (χ4v) is 2.11. The molecule has 0 heterocycles. The number of carbonyl (C=O) groups is 1. The Morgan fingerprint density at radius 2 is 2.17 bits per heavy atom. The van der Waals surface area contributed by atoms with Gasteiger partial charge in [0, 0.05) is 13.2 Å². The van der Waals surface area contributed by atoms with Crippen LogP contribution in [0, 0.1) is 6.92 Å². The second-order valence-corrected chi connectivity index (χ2v) is 4.69. The van der Waals surface area contributed by atoms with E-state index in [1.807, 2.05) is 19.1 Å². The maximum absolute atomic E-state index is 12.1. The molecule has 0 unspecified atom stereocenters. The van der Waals surface area contributed by atoms with Gasteiger partial charge in [0.15, 0.2) is 0 Å². The molecule has 0 radical (unpaired) electrons. The van der Waals surface area contributed by atoms with E-state index >= 15 is 0 Å². The van der Waals surface area contributed by atoms with Gasteiger partial charge in [-0.3, -0.25) is 10.6 Å². The number of hydrogen-bond acceptors (Lipinski definition) is 4. The standard InChI is InChI=1S/C13H19N3O2/c1-8-3-4-11(12(5-8)16-14)13(17)15-9-6-10(7-9)18-2/h3-5,9-10,16H,6-7,14H2,1-2H3,(H,15,17). The number of aryl methyl sites for hydroxylation is 1. The van der Waals surface area contributed by atoms with Crippen LogP contribution in [-0.4, -0.2) is 25.2 Å². The molecule has 4 N–H and O–H groups in total. The number of nitrogens with one attached hydrogen (secondary N) is 2. The van der Waals surface area contributed by atoms with Crippen molar-refractivity contribution in [3.05, 3.63) is 29.3 Å². The number of benzene rings is 1. The number of nitrogen functional groups attached to an aromatic ring is 1. The number of methoxy groups -OCH3 is 1. The van der Waals surface area contributed by atoms with Gasteiger partial charge in [0.25, 0.3) is 5.91 Å². The quantitative estimate of drug-likeness (QED) is 0.553. The summed E-state index contributed by atoms with van der Waals surface area (Å²) in [6.45, 7) is 1.96. The number of anilines is 1. The van der Waals surface area contributed by atoms with Gasteiger partial charge >= 0.3 is 0 Å². The number of rotatable bonds is 4. The second kappa shape index (κ2) is 5.37. The van der Waals surface area contributed by atoms with Crippen LogP contribution in [0.4, 0.5) is 5.69 Å². The van der Waals surface area contributed by atoms with Crippen LogP contribution < -0.4 is 16.6 Å². The molecule has 5 heteroatoms. The Morgan fingerprint density at radius 3 is 2.78 bits per heavy atom. The van der Waals surface area contributed by atoms with Crippen molar-refractivity contribution in [1.29, 1.82) is 0 Å². The predicted molar refractivity (Wildman–Crippen MR) is 70.3 cm³/mol. The monoisotopic (exact) mass is 249 g/mol. The Morgan fingerprint density at radius 1 is 1.44 bits per heavy atom. The van der Waals surface area contributed by atoms with E-state index in [2.05, 4.69) is 10.7 Å². The molecular formula is C13H19N3O2. The molecule has 18 heavy (non-hydrogen) atoms. The Labute approximate surface area is 107 Å². The van der Waals surface area contributed by atoms with Crippen LogP contribution >= 0.6 is 0 Å². The molecule has 1 aromatic rings. The number of carbonyl (C=O) groups excluding carboxylic acids is 1. The van der Waals surface area contributed by atoms with E-state index in [4.69, 9.17) is 10.6 Å². The first-order chi connectivity index (χ1) is 8.63. The van der Waals surface area contributed by atoms with Gasteiger partial charge in [0.1, 0.15) is 0 Å². The van der Waals surface area contributed by atoms with Crippen molar-refractivity contribution in [3.8, 4) is 0 Å². The van der Waals surface area contributed by atoms with Crippen LogP contribution in [0.2, 0.25) is 0 Å². The van der Waals surface area contributed by atoms with E-state index in [0.717, 1.165) is 18.4 Å². The zero-order chi connectivity index (χ0) is 13.1. The molecule has 1 saturated carbocycles. The average Bonchev–Trinajstić information content (AvgIpc) is 2.32. The number of nitrogens with two attached hydrogens (primary N) is 1. The molecule has 1 aliphatic rings. The molecule has 0 aromatic heterocycles. The smallest absolute Gasteiger partial charge is 0.253 e. The van der Waals surface area contributed by atoms with Crippen LogP contribution in [-0.2, 0) is 4.74 Å². The van der Waals surface area contributed by atoms with E-state index in [9.17, 15) is 4.79 Å². The molecule has 5 nitrogen and oxygen atoms in total. The van der Waals surface area contributed by atoms with Crippen molar-refractivity contribution >= 4 is 11.6 Å². The summed E-state index contributed by atoms with van der Waals surface area (Å²) in [5.74, 6) is 5.33. The highest BCUT2D eigenvalue weighted by atomic mass is 16.5. The summed E-state index contributed by atoms with van der Waals surface area (Å²) in [7, 11) is 1.69. The van der Waals surface area contributed by atoms with Crippen molar-refractivity contribution < 1.29 is 9.53 Å². The highest BCUT2D eigenvalue weighted by molar-refractivity contribution is 5.99. The highest BCUT2D eigenvalue weighted by Crippen LogP contribution is 2.24. The van der Waals surface area contributed by atoms with Crippen molar-refractivity contribution in [2.75, 3.05) is 12.5 Å². The minimum absolute atomic E-state index is 0.0949. The lowest BCUT2D eigenvalue weighted by Crippen LogP contribution is -2.47. The van der Waals surface area contributed by atoms with E-state index in [1.54, 1.807) is 13.2 Å². The molecule has 0 aliphatic heterocycles. The summed E-state index contributed by atoms with van der Waals surface area (Å²) in [4.78, 5) is 12.1. The third kappa shape index (κ3) is 2.63. The van der Waals surface area contributed by atoms with Crippen LogP contribution in [0.3, 0.4) is 0 Å². The van der Waals surface area contributed by atoms with Crippen LogP contribution in [0.25, 0.3) is 0 Å². The molecule has 0 bridgehead atoms. The van der Waals surface area contributed by atoms with E-state index < -0.39 is 0 Å². The lowest BCUT2D eigenvalue weighted by Gasteiger charge is -2.34. The second-order valence-electron chi connectivity index (χ2n) is 4.69. The van der Waals surface area contributed by atoms with Crippen LogP contribution in [0.1, 0.15) is 28.8 Å². The SMILES string of the molecule is COC1CC(NC(=O)c2ccc(C)cc2NN)C1. The average molecular weight is 249 g/mol. The number of hydrazine groups is 1. The van der Waals surface area contributed by atoms with Gasteiger partial charge in [-0.1, -0.05) is 6.07 Å². The van der Waals surface area contributed by atoms with E-state index in [1.165, 1.54) is 0 Å². The summed E-state index contributed by atoms with van der Waals surface area (Å²) in [5.41, 5.74) is 4.84. The summed E-state index contributed by atoms with van der Waals surface area (Å²) in [5, 5.41) is 2.98. The molecule has 0 saturated heterocycles. The van der Waals surface area contributed by atoms with Gasteiger partial charge in [-0.15, -0.1) is 0 Å². The Kier molecular flexibility index (Phi) is 3.84.